The van der Waals surface area contributed by atoms with Crippen molar-refractivity contribution in [2.24, 2.45) is 35.5 Å². The van der Waals surface area contributed by atoms with Crippen LogP contribution in [0, 0.1) is 35.5 Å². The van der Waals surface area contributed by atoms with Gasteiger partial charge >= 0.3 is 5.97 Å². The predicted molar refractivity (Wildman–Crippen MR) is 114 cm³/mol. The van der Waals surface area contributed by atoms with E-state index in [0.717, 1.165) is 18.5 Å². The van der Waals surface area contributed by atoms with Crippen LogP contribution in [0.1, 0.15) is 108 Å². The zero-order valence-electron chi connectivity index (χ0n) is 18.7. The summed E-state index contributed by atoms with van der Waals surface area (Å²) >= 11 is 0. The van der Waals surface area contributed by atoms with Crippen LogP contribution in [0.15, 0.2) is 6.07 Å². The predicted octanol–water partition coefficient (Wildman–Crippen LogP) is 6.39. The Balaban J connectivity index is 2.00. The number of carbonyl (C=O) groups is 1. The van der Waals surface area contributed by atoms with Crippen LogP contribution >= 0.6 is 0 Å². The summed E-state index contributed by atoms with van der Waals surface area (Å²) in [6, 6.07) is 2.12. The van der Waals surface area contributed by atoms with E-state index in [2.05, 4.69) is 41.5 Å². The minimum absolute atomic E-state index is 0.210. The molecule has 6 atom stereocenters. The molecule has 0 saturated heterocycles. The summed E-state index contributed by atoms with van der Waals surface area (Å²) in [7, 11) is 0. The van der Waals surface area contributed by atoms with Gasteiger partial charge in [-0.05, 0) is 67.3 Å². The molecule has 1 N–H and O–H groups in total. The number of hydrogen-bond donors (Lipinski definition) is 1. The quantitative estimate of drug-likeness (QED) is 0.636. The van der Waals surface area contributed by atoms with Gasteiger partial charge in [0.1, 0.15) is 5.69 Å². The van der Waals surface area contributed by atoms with Gasteiger partial charge in [0, 0.05) is 5.92 Å². The number of nitrogens with zero attached hydrogens (tertiary/aromatic N) is 2. The summed E-state index contributed by atoms with van der Waals surface area (Å²) in [5.41, 5.74) is 1.43. The van der Waals surface area contributed by atoms with Gasteiger partial charge < -0.3 is 5.11 Å². The standard InChI is InChI=1S/C24H40N2O2/c1-14(2)18-9-7-16(5)11-20(18)21-13-23(24(27)28)26(25-21)22-12-17(6)8-10-19(22)15(3)4/h13-20,22H,7-12H2,1-6H3,(H,27,28). The van der Waals surface area contributed by atoms with Gasteiger partial charge in [0.15, 0.2) is 0 Å². The average Bonchev–Trinajstić information content (AvgIpc) is 3.06. The van der Waals surface area contributed by atoms with E-state index in [1.165, 1.54) is 25.7 Å². The van der Waals surface area contributed by atoms with E-state index in [1.807, 2.05) is 10.7 Å². The van der Waals surface area contributed by atoms with Crippen molar-refractivity contribution in [3.8, 4) is 0 Å². The summed E-state index contributed by atoms with van der Waals surface area (Å²) in [6.45, 7) is 13.8. The second-order valence-electron chi connectivity index (χ2n) is 10.5. The molecule has 4 heteroatoms. The minimum atomic E-state index is -0.829. The second kappa shape index (κ2) is 8.59. The van der Waals surface area contributed by atoms with E-state index in [4.69, 9.17) is 5.10 Å². The molecule has 1 aromatic rings. The van der Waals surface area contributed by atoms with Crippen molar-refractivity contribution in [2.75, 3.05) is 0 Å². The first kappa shape index (κ1) is 21.4. The topological polar surface area (TPSA) is 55.1 Å². The number of hydrogen-bond acceptors (Lipinski definition) is 2. The lowest BCUT2D eigenvalue weighted by Crippen LogP contribution is -2.32. The summed E-state index contributed by atoms with van der Waals surface area (Å²) in [5.74, 6) is 3.15. The van der Waals surface area contributed by atoms with E-state index < -0.39 is 5.97 Å². The lowest BCUT2D eigenvalue weighted by molar-refractivity contribution is 0.0661. The van der Waals surface area contributed by atoms with Crippen molar-refractivity contribution >= 4 is 5.97 Å². The van der Waals surface area contributed by atoms with Gasteiger partial charge in [-0.25, -0.2) is 4.79 Å². The third-order valence-electron chi connectivity index (χ3n) is 7.68. The van der Waals surface area contributed by atoms with Crippen molar-refractivity contribution in [3.05, 3.63) is 17.5 Å². The molecule has 1 aromatic heterocycles. The van der Waals surface area contributed by atoms with E-state index in [-0.39, 0.29) is 6.04 Å². The van der Waals surface area contributed by atoms with E-state index >= 15 is 0 Å². The molecular weight excluding hydrogens is 348 g/mol. The first-order valence-electron chi connectivity index (χ1n) is 11.5. The minimum Gasteiger partial charge on any atom is -0.477 e. The molecule has 2 aliphatic rings. The summed E-state index contributed by atoms with van der Waals surface area (Å²) < 4.78 is 1.93. The van der Waals surface area contributed by atoms with Crippen LogP contribution in [0.5, 0.6) is 0 Å². The maximum atomic E-state index is 12.1. The largest absolute Gasteiger partial charge is 0.477 e. The van der Waals surface area contributed by atoms with Crippen LogP contribution in [0.3, 0.4) is 0 Å². The lowest BCUT2D eigenvalue weighted by Gasteiger charge is -2.38. The van der Waals surface area contributed by atoms with Gasteiger partial charge in [0.05, 0.1) is 11.7 Å². The first-order valence-corrected chi connectivity index (χ1v) is 11.5. The number of rotatable bonds is 5. The van der Waals surface area contributed by atoms with Crippen molar-refractivity contribution in [1.82, 2.24) is 9.78 Å². The number of carboxylic acid groups (broad SMARTS) is 1. The highest BCUT2D eigenvalue weighted by atomic mass is 16.4. The monoisotopic (exact) mass is 388 g/mol. The second-order valence-corrected chi connectivity index (χ2v) is 10.5. The molecule has 0 aliphatic heterocycles. The van der Waals surface area contributed by atoms with E-state index in [9.17, 15) is 9.90 Å². The van der Waals surface area contributed by atoms with Gasteiger partial charge in [-0.1, -0.05) is 54.4 Å². The highest BCUT2D eigenvalue weighted by Crippen LogP contribution is 2.45. The fraction of sp³-hybridized carbons (Fsp3) is 0.833. The van der Waals surface area contributed by atoms with Crippen LogP contribution in [-0.2, 0) is 0 Å². The Bertz CT molecular complexity index is 678. The molecule has 2 saturated carbocycles. The lowest BCUT2D eigenvalue weighted by atomic mass is 9.69. The third kappa shape index (κ3) is 4.31. The molecule has 3 rings (SSSR count). The first-order chi connectivity index (χ1) is 13.2. The number of aromatic nitrogens is 2. The average molecular weight is 389 g/mol. The fourth-order valence-corrected chi connectivity index (χ4v) is 5.98. The molecule has 1 heterocycles. The molecule has 6 unspecified atom stereocenters. The highest BCUT2D eigenvalue weighted by Gasteiger charge is 2.38. The van der Waals surface area contributed by atoms with Crippen LogP contribution in [0.4, 0.5) is 0 Å². The molecule has 2 aliphatic carbocycles. The fourth-order valence-electron chi connectivity index (χ4n) is 5.98. The maximum Gasteiger partial charge on any atom is 0.354 e. The van der Waals surface area contributed by atoms with Gasteiger partial charge in [-0.3, -0.25) is 4.68 Å². The van der Waals surface area contributed by atoms with Gasteiger partial charge in [-0.15, -0.1) is 0 Å². The van der Waals surface area contributed by atoms with Gasteiger partial charge in [-0.2, -0.15) is 5.10 Å². The van der Waals surface area contributed by atoms with Crippen LogP contribution in [0.2, 0.25) is 0 Å². The van der Waals surface area contributed by atoms with Gasteiger partial charge in [0.2, 0.25) is 0 Å². The molecular formula is C24H40N2O2. The smallest absolute Gasteiger partial charge is 0.354 e. The Morgan fingerprint density at radius 1 is 1.00 bits per heavy atom. The summed E-state index contributed by atoms with van der Waals surface area (Å²) in [5, 5.41) is 15.0. The third-order valence-corrected chi connectivity index (χ3v) is 7.68. The number of aromatic carboxylic acids is 1. The Hall–Kier alpha value is -1.32. The highest BCUT2D eigenvalue weighted by molar-refractivity contribution is 5.85. The molecule has 158 valence electrons. The molecule has 0 bridgehead atoms. The normalized spacial score (nSPS) is 34.1. The zero-order valence-corrected chi connectivity index (χ0v) is 18.7. The molecule has 0 spiro atoms. The van der Waals surface area contributed by atoms with Crippen molar-refractivity contribution in [1.29, 1.82) is 0 Å². The van der Waals surface area contributed by atoms with Crippen molar-refractivity contribution < 1.29 is 9.90 Å². The Kier molecular flexibility index (Phi) is 6.56. The molecule has 0 amide bonds. The summed E-state index contributed by atoms with van der Waals surface area (Å²) in [6.07, 6.45) is 7.10. The molecule has 2 fully saturated rings. The zero-order chi connectivity index (χ0) is 20.6. The number of carboxylic acids is 1. The Labute approximate surface area is 171 Å². The maximum absolute atomic E-state index is 12.1. The van der Waals surface area contributed by atoms with Crippen LogP contribution in [0.25, 0.3) is 0 Å². The van der Waals surface area contributed by atoms with Crippen molar-refractivity contribution in [3.63, 3.8) is 0 Å². The molecule has 4 nitrogen and oxygen atoms in total. The summed E-state index contributed by atoms with van der Waals surface area (Å²) in [4.78, 5) is 12.1. The van der Waals surface area contributed by atoms with Crippen LogP contribution < -0.4 is 0 Å². The molecule has 0 aromatic carbocycles. The SMILES string of the molecule is CC1CCC(C(C)C)C(c2cc(C(=O)O)n(C3CC(C)CCC3C(C)C)n2)C1. The van der Waals surface area contributed by atoms with Gasteiger partial charge in [0.25, 0.3) is 0 Å². The molecule has 28 heavy (non-hydrogen) atoms. The Morgan fingerprint density at radius 2 is 1.57 bits per heavy atom. The van der Waals surface area contributed by atoms with Crippen molar-refractivity contribution in [2.45, 2.75) is 92.0 Å². The van der Waals surface area contributed by atoms with Crippen LogP contribution in [-0.4, -0.2) is 20.9 Å². The molecule has 0 radical (unpaired) electrons. The van der Waals surface area contributed by atoms with E-state index in [0.29, 0.717) is 47.1 Å². The Morgan fingerprint density at radius 3 is 2.14 bits per heavy atom. The van der Waals surface area contributed by atoms with E-state index in [1.54, 1.807) is 0 Å².